The molecule has 2 aliphatic rings. The molecule has 9 heteroatoms. The molecule has 1 aromatic heterocycles. The molecule has 4 rings (SSSR count). The average Bonchev–Trinajstić information content (AvgIpc) is 2.98. The number of aromatic nitrogens is 2. The monoisotopic (exact) mass is 481 g/mol. The minimum absolute atomic E-state index is 0.105. The Kier molecular flexibility index (Phi) is 7.73. The van der Waals surface area contributed by atoms with Gasteiger partial charge >= 0.3 is 5.97 Å². The summed E-state index contributed by atoms with van der Waals surface area (Å²) in [6, 6.07) is 8.05. The molecule has 1 fully saturated rings. The number of carboxylic acids is 1. The maximum Gasteiger partial charge on any atom is 0.303 e. The molecule has 1 amide bonds. The smallest absolute Gasteiger partial charge is 0.303 e. The SMILES string of the molecule is CC(C)CCNc1nc(N)c2c(n1)OCCN(c1ccc(C3CCC(CC(=O)O)CC3)cc1)C2=O. The fraction of sp³-hybridized carbons (Fsp3) is 0.538. The third kappa shape index (κ3) is 6.01. The van der Waals surface area contributed by atoms with Gasteiger partial charge in [0.15, 0.2) is 0 Å². The molecule has 1 aliphatic heterocycles. The molecule has 9 nitrogen and oxygen atoms in total. The van der Waals surface area contributed by atoms with Gasteiger partial charge in [0.2, 0.25) is 11.8 Å². The van der Waals surface area contributed by atoms with Crippen LogP contribution in [0.25, 0.3) is 0 Å². The van der Waals surface area contributed by atoms with Gasteiger partial charge in [0.1, 0.15) is 18.0 Å². The van der Waals surface area contributed by atoms with Crippen LogP contribution in [0.15, 0.2) is 24.3 Å². The predicted molar refractivity (Wildman–Crippen MR) is 135 cm³/mol. The summed E-state index contributed by atoms with van der Waals surface area (Å²) in [5.74, 6) is 0.942. The van der Waals surface area contributed by atoms with Crippen molar-refractivity contribution in [3.8, 4) is 5.88 Å². The van der Waals surface area contributed by atoms with E-state index < -0.39 is 5.97 Å². The van der Waals surface area contributed by atoms with Crippen molar-refractivity contribution in [2.75, 3.05) is 35.6 Å². The zero-order valence-corrected chi connectivity index (χ0v) is 20.5. The summed E-state index contributed by atoms with van der Waals surface area (Å²) in [7, 11) is 0. The number of ether oxygens (including phenoxy) is 1. The molecule has 4 N–H and O–H groups in total. The Morgan fingerprint density at radius 1 is 1.20 bits per heavy atom. The van der Waals surface area contributed by atoms with Gasteiger partial charge in [0.05, 0.1) is 6.54 Å². The summed E-state index contributed by atoms with van der Waals surface area (Å²) in [5.41, 5.74) is 8.37. The second-order valence-electron chi connectivity index (χ2n) is 9.93. The minimum Gasteiger partial charge on any atom is -0.481 e. The Morgan fingerprint density at radius 3 is 2.57 bits per heavy atom. The van der Waals surface area contributed by atoms with Crippen LogP contribution in [-0.2, 0) is 4.79 Å². The lowest BCUT2D eigenvalue weighted by atomic mass is 9.77. The Labute approximate surface area is 206 Å². The Hall–Kier alpha value is -3.36. The summed E-state index contributed by atoms with van der Waals surface area (Å²) in [5, 5.41) is 12.2. The van der Waals surface area contributed by atoms with Crippen LogP contribution in [0.3, 0.4) is 0 Å². The first-order valence-electron chi connectivity index (χ1n) is 12.5. The van der Waals surface area contributed by atoms with E-state index in [9.17, 15) is 9.59 Å². The van der Waals surface area contributed by atoms with E-state index in [1.807, 2.05) is 12.1 Å². The van der Waals surface area contributed by atoms with Gasteiger partial charge in [-0.3, -0.25) is 9.59 Å². The Bertz CT molecular complexity index is 1050. The highest BCUT2D eigenvalue weighted by Gasteiger charge is 2.30. The number of fused-ring (bicyclic) bond motifs is 1. The highest BCUT2D eigenvalue weighted by Crippen LogP contribution is 2.38. The van der Waals surface area contributed by atoms with E-state index in [1.165, 1.54) is 5.56 Å². The number of hydrogen-bond donors (Lipinski definition) is 3. The average molecular weight is 482 g/mol. The molecule has 1 aliphatic carbocycles. The zero-order chi connectivity index (χ0) is 24.9. The Balaban J connectivity index is 1.45. The van der Waals surface area contributed by atoms with E-state index in [0.717, 1.165) is 37.8 Å². The quantitative estimate of drug-likeness (QED) is 0.508. The van der Waals surface area contributed by atoms with Crippen molar-refractivity contribution < 1.29 is 19.4 Å². The molecule has 2 heterocycles. The van der Waals surface area contributed by atoms with E-state index in [1.54, 1.807) is 4.90 Å². The molecule has 1 saturated carbocycles. The van der Waals surface area contributed by atoms with Crippen LogP contribution in [0.1, 0.15) is 74.2 Å². The van der Waals surface area contributed by atoms with Gasteiger partial charge in [-0.2, -0.15) is 9.97 Å². The largest absolute Gasteiger partial charge is 0.481 e. The molecule has 0 radical (unpaired) electrons. The first-order valence-corrected chi connectivity index (χ1v) is 12.5. The van der Waals surface area contributed by atoms with Crippen molar-refractivity contribution in [3.05, 3.63) is 35.4 Å². The summed E-state index contributed by atoms with van der Waals surface area (Å²) < 4.78 is 5.80. The predicted octanol–water partition coefficient (Wildman–Crippen LogP) is 4.30. The molecule has 0 bridgehead atoms. The lowest BCUT2D eigenvalue weighted by Crippen LogP contribution is -2.32. The number of carbonyl (C=O) groups excluding carboxylic acids is 1. The fourth-order valence-electron chi connectivity index (χ4n) is 4.90. The maximum atomic E-state index is 13.4. The number of anilines is 3. The highest BCUT2D eigenvalue weighted by atomic mass is 16.5. The number of nitrogens with one attached hydrogen (secondary N) is 1. The second kappa shape index (κ2) is 10.9. The van der Waals surface area contributed by atoms with Crippen LogP contribution in [0, 0.1) is 11.8 Å². The molecule has 188 valence electrons. The van der Waals surface area contributed by atoms with Crippen LogP contribution < -0.4 is 20.7 Å². The van der Waals surface area contributed by atoms with Crippen LogP contribution >= 0.6 is 0 Å². The van der Waals surface area contributed by atoms with Crippen LogP contribution in [0.5, 0.6) is 5.88 Å². The summed E-state index contributed by atoms with van der Waals surface area (Å²) in [6.07, 6.45) is 5.07. The molecule has 0 saturated heterocycles. The van der Waals surface area contributed by atoms with E-state index >= 15 is 0 Å². The third-order valence-corrected chi connectivity index (χ3v) is 6.91. The van der Waals surface area contributed by atoms with Crippen molar-refractivity contribution in [1.29, 1.82) is 0 Å². The molecule has 35 heavy (non-hydrogen) atoms. The maximum absolute atomic E-state index is 13.4. The number of benzene rings is 1. The number of carboxylic acid groups (broad SMARTS) is 1. The van der Waals surface area contributed by atoms with E-state index in [2.05, 4.69) is 41.3 Å². The van der Waals surface area contributed by atoms with Gasteiger partial charge < -0.3 is 25.8 Å². The van der Waals surface area contributed by atoms with Crippen LogP contribution in [0.4, 0.5) is 17.5 Å². The van der Waals surface area contributed by atoms with E-state index in [0.29, 0.717) is 37.5 Å². The number of rotatable bonds is 8. The number of hydrogen-bond acceptors (Lipinski definition) is 7. The summed E-state index contributed by atoms with van der Waals surface area (Å²) in [6.45, 7) is 5.68. The van der Waals surface area contributed by atoms with Crippen LogP contribution in [0.2, 0.25) is 0 Å². The lowest BCUT2D eigenvalue weighted by Gasteiger charge is -2.28. The highest BCUT2D eigenvalue weighted by molar-refractivity contribution is 6.10. The fourth-order valence-corrected chi connectivity index (χ4v) is 4.90. The van der Waals surface area contributed by atoms with Crippen molar-refractivity contribution in [3.63, 3.8) is 0 Å². The molecule has 1 aromatic carbocycles. The number of aliphatic carboxylic acids is 1. The van der Waals surface area contributed by atoms with Gasteiger partial charge in [0, 0.05) is 18.7 Å². The Morgan fingerprint density at radius 2 is 1.91 bits per heavy atom. The van der Waals surface area contributed by atoms with Gasteiger partial charge in [-0.15, -0.1) is 0 Å². The van der Waals surface area contributed by atoms with E-state index in [-0.39, 0.29) is 35.5 Å². The van der Waals surface area contributed by atoms with Gasteiger partial charge in [-0.1, -0.05) is 26.0 Å². The van der Waals surface area contributed by atoms with Crippen LogP contribution in [-0.4, -0.2) is 46.6 Å². The molecule has 0 atom stereocenters. The number of nitrogen functional groups attached to an aromatic ring is 1. The zero-order valence-electron chi connectivity index (χ0n) is 20.5. The molecular formula is C26H35N5O4. The van der Waals surface area contributed by atoms with Crippen molar-refractivity contribution in [1.82, 2.24) is 9.97 Å². The van der Waals surface area contributed by atoms with Gasteiger partial charge in [0.25, 0.3) is 5.91 Å². The molecule has 2 aromatic rings. The standard InChI is InChI=1S/C26H35N5O4/c1-16(2)11-12-28-26-29-23(27)22-24(30-26)35-14-13-31(25(22)34)20-9-7-19(8-10-20)18-5-3-17(4-6-18)15-21(32)33/h7-10,16-18H,3-6,11-15H2,1-2H3,(H,32,33)(H3,27,28,29,30). The lowest BCUT2D eigenvalue weighted by molar-refractivity contribution is -0.138. The summed E-state index contributed by atoms with van der Waals surface area (Å²) in [4.78, 5) is 34.7. The minimum atomic E-state index is -0.713. The van der Waals surface area contributed by atoms with Gasteiger partial charge in [-0.25, -0.2) is 0 Å². The molecule has 0 spiro atoms. The van der Waals surface area contributed by atoms with Crippen molar-refractivity contribution in [2.45, 2.75) is 58.3 Å². The van der Waals surface area contributed by atoms with E-state index in [4.69, 9.17) is 15.6 Å². The molecule has 0 unspecified atom stereocenters. The number of amides is 1. The first-order chi connectivity index (χ1) is 16.8. The van der Waals surface area contributed by atoms with Crippen molar-refractivity contribution >= 4 is 29.3 Å². The number of carbonyl (C=O) groups is 2. The second-order valence-corrected chi connectivity index (χ2v) is 9.93. The van der Waals surface area contributed by atoms with Crippen molar-refractivity contribution in [2.24, 2.45) is 11.8 Å². The number of nitrogens with zero attached hydrogens (tertiary/aromatic N) is 3. The summed E-state index contributed by atoms with van der Waals surface area (Å²) >= 11 is 0. The van der Waals surface area contributed by atoms with Gasteiger partial charge in [-0.05, 0) is 67.6 Å². The topological polar surface area (TPSA) is 131 Å². The normalized spacial score (nSPS) is 20.2. The first kappa shape index (κ1) is 24.8. The number of nitrogens with two attached hydrogens (primary N) is 1. The third-order valence-electron chi connectivity index (χ3n) is 6.91. The molecular weight excluding hydrogens is 446 g/mol.